The van der Waals surface area contributed by atoms with Crippen LogP contribution in [0.15, 0.2) is 24.4 Å². The van der Waals surface area contributed by atoms with E-state index in [0.29, 0.717) is 0 Å². The number of methoxy groups -OCH3 is 1. The first-order valence-electron chi connectivity index (χ1n) is 7.36. The summed E-state index contributed by atoms with van der Waals surface area (Å²) < 4.78 is 7.47. The van der Waals surface area contributed by atoms with Gasteiger partial charge in [0.25, 0.3) is 0 Å². The molecule has 1 saturated heterocycles. The van der Waals surface area contributed by atoms with Crippen molar-refractivity contribution in [3.63, 3.8) is 0 Å². The van der Waals surface area contributed by atoms with Crippen LogP contribution >= 0.6 is 0 Å². The van der Waals surface area contributed by atoms with Crippen LogP contribution in [0.3, 0.4) is 0 Å². The van der Waals surface area contributed by atoms with Crippen LogP contribution in [0.25, 0.3) is 10.9 Å². The van der Waals surface area contributed by atoms with E-state index in [0.717, 1.165) is 25.4 Å². The molecule has 0 aliphatic carbocycles. The SMILES string of the molecule is COCCn1cc(CN2CCCC2)c2ccc(N)cc21. The van der Waals surface area contributed by atoms with Crippen molar-refractivity contribution in [2.24, 2.45) is 0 Å². The summed E-state index contributed by atoms with van der Waals surface area (Å²) >= 11 is 0. The van der Waals surface area contributed by atoms with Crippen molar-refractivity contribution in [3.05, 3.63) is 30.0 Å². The van der Waals surface area contributed by atoms with Crippen LogP contribution in [0.5, 0.6) is 0 Å². The Labute approximate surface area is 120 Å². The highest BCUT2D eigenvalue weighted by Crippen LogP contribution is 2.26. The van der Waals surface area contributed by atoms with Gasteiger partial charge in [0.1, 0.15) is 0 Å². The topological polar surface area (TPSA) is 43.4 Å². The third-order valence-electron chi connectivity index (χ3n) is 4.12. The number of nitrogens with two attached hydrogens (primary N) is 1. The fourth-order valence-electron chi connectivity index (χ4n) is 3.07. The number of aromatic nitrogens is 1. The normalized spacial score (nSPS) is 16.2. The van der Waals surface area contributed by atoms with E-state index in [-0.39, 0.29) is 0 Å². The summed E-state index contributed by atoms with van der Waals surface area (Å²) in [6.45, 7) is 5.08. The average Bonchev–Trinajstić information content (AvgIpc) is 3.05. The van der Waals surface area contributed by atoms with Gasteiger partial charge in [-0.05, 0) is 43.6 Å². The molecule has 0 spiro atoms. The number of likely N-dealkylation sites (tertiary alicyclic amines) is 1. The van der Waals surface area contributed by atoms with Crippen LogP contribution in [0, 0.1) is 0 Å². The summed E-state index contributed by atoms with van der Waals surface area (Å²) in [4.78, 5) is 2.53. The molecule has 0 unspecified atom stereocenters. The van der Waals surface area contributed by atoms with E-state index in [1.807, 2.05) is 6.07 Å². The van der Waals surface area contributed by atoms with Crippen molar-refractivity contribution in [3.8, 4) is 0 Å². The first kappa shape index (κ1) is 13.5. The Balaban J connectivity index is 1.93. The molecule has 4 nitrogen and oxygen atoms in total. The molecule has 4 heteroatoms. The standard InChI is InChI=1S/C16H23N3O/c1-20-9-8-19-12-13(11-18-6-2-3-7-18)15-5-4-14(17)10-16(15)19/h4-5,10,12H,2-3,6-9,11,17H2,1H3. The van der Waals surface area contributed by atoms with Gasteiger partial charge < -0.3 is 15.0 Å². The quantitative estimate of drug-likeness (QED) is 0.851. The zero-order valence-electron chi connectivity index (χ0n) is 12.1. The van der Waals surface area contributed by atoms with Crippen molar-refractivity contribution >= 4 is 16.6 Å². The smallest absolute Gasteiger partial charge is 0.0641 e. The maximum Gasteiger partial charge on any atom is 0.0641 e. The molecule has 1 aromatic heterocycles. The molecule has 0 bridgehead atoms. The van der Waals surface area contributed by atoms with Crippen molar-refractivity contribution in [2.45, 2.75) is 25.9 Å². The predicted octanol–water partition coefficient (Wildman–Crippen LogP) is 2.47. The maximum absolute atomic E-state index is 5.94. The van der Waals surface area contributed by atoms with E-state index < -0.39 is 0 Å². The number of anilines is 1. The highest BCUT2D eigenvalue weighted by molar-refractivity contribution is 5.86. The Morgan fingerprint density at radius 1 is 1.25 bits per heavy atom. The van der Waals surface area contributed by atoms with Gasteiger partial charge in [-0.2, -0.15) is 0 Å². The Morgan fingerprint density at radius 2 is 2.05 bits per heavy atom. The summed E-state index contributed by atoms with van der Waals surface area (Å²) in [6.07, 6.45) is 4.92. The summed E-state index contributed by atoms with van der Waals surface area (Å²) in [5.41, 5.74) is 9.38. The van der Waals surface area contributed by atoms with E-state index in [1.54, 1.807) is 7.11 Å². The lowest BCUT2D eigenvalue weighted by atomic mass is 10.1. The van der Waals surface area contributed by atoms with Crippen LogP contribution in [-0.4, -0.2) is 36.3 Å². The number of hydrogen-bond acceptors (Lipinski definition) is 3. The van der Waals surface area contributed by atoms with Crippen molar-refractivity contribution < 1.29 is 4.74 Å². The highest BCUT2D eigenvalue weighted by Gasteiger charge is 2.15. The average molecular weight is 273 g/mol. The maximum atomic E-state index is 5.94. The number of nitrogen functional groups attached to an aromatic ring is 1. The Kier molecular flexibility index (Phi) is 3.94. The molecule has 2 heterocycles. The first-order valence-corrected chi connectivity index (χ1v) is 7.36. The Morgan fingerprint density at radius 3 is 2.80 bits per heavy atom. The van der Waals surface area contributed by atoms with E-state index in [9.17, 15) is 0 Å². The number of hydrogen-bond donors (Lipinski definition) is 1. The molecular weight excluding hydrogens is 250 g/mol. The van der Waals surface area contributed by atoms with Crippen LogP contribution in [0.2, 0.25) is 0 Å². The van der Waals surface area contributed by atoms with Crippen LogP contribution in [0.4, 0.5) is 5.69 Å². The lowest BCUT2D eigenvalue weighted by Crippen LogP contribution is -2.18. The molecule has 3 rings (SSSR count). The molecule has 0 amide bonds. The van der Waals surface area contributed by atoms with Crippen LogP contribution in [0.1, 0.15) is 18.4 Å². The van der Waals surface area contributed by atoms with Crippen LogP contribution in [-0.2, 0) is 17.8 Å². The summed E-state index contributed by atoms with van der Waals surface area (Å²) in [5, 5.41) is 1.32. The molecule has 1 aliphatic heterocycles. The largest absolute Gasteiger partial charge is 0.399 e. The third kappa shape index (κ3) is 2.67. The number of fused-ring (bicyclic) bond motifs is 1. The molecule has 2 aromatic rings. The predicted molar refractivity (Wildman–Crippen MR) is 82.7 cm³/mol. The third-order valence-corrected chi connectivity index (χ3v) is 4.12. The van der Waals surface area contributed by atoms with E-state index in [4.69, 9.17) is 10.5 Å². The van der Waals surface area contributed by atoms with Gasteiger partial charge in [0.05, 0.1) is 12.1 Å². The molecule has 1 fully saturated rings. The Bertz CT molecular complexity index is 585. The summed E-state index contributed by atoms with van der Waals surface area (Å²) in [5.74, 6) is 0. The fraction of sp³-hybridized carbons (Fsp3) is 0.500. The molecule has 20 heavy (non-hydrogen) atoms. The van der Waals surface area contributed by atoms with Gasteiger partial charge in [-0.3, -0.25) is 4.90 Å². The second-order valence-corrected chi connectivity index (χ2v) is 5.60. The lowest BCUT2D eigenvalue weighted by Gasteiger charge is -2.13. The van der Waals surface area contributed by atoms with Crippen molar-refractivity contribution in [2.75, 3.05) is 32.5 Å². The minimum Gasteiger partial charge on any atom is -0.399 e. The monoisotopic (exact) mass is 273 g/mol. The second-order valence-electron chi connectivity index (χ2n) is 5.60. The van der Waals surface area contributed by atoms with Gasteiger partial charge >= 0.3 is 0 Å². The van der Waals surface area contributed by atoms with Gasteiger partial charge in [-0.15, -0.1) is 0 Å². The zero-order chi connectivity index (χ0) is 13.9. The van der Waals surface area contributed by atoms with Gasteiger partial charge in [0.2, 0.25) is 0 Å². The molecule has 0 saturated carbocycles. The lowest BCUT2D eigenvalue weighted by molar-refractivity contribution is 0.188. The molecule has 2 N–H and O–H groups in total. The number of rotatable bonds is 5. The van der Waals surface area contributed by atoms with Crippen molar-refractivity contribution in [1.29, 1.82) is 0 Å². The Hall–Kier alpha value is -1.52. The molecule has 0 radical (unpaired) electrons. The van der Waals surface area contributed by atoms with Gasteiger partial charge in [0.15, 0.2) is 0 Å². The van der Waals surface area contributed by atoms with Crippen LogP contribution < -0.4 is 5.73 Å². The fourth-order valence-corrected chi connectivity index (χ4v) is 3.07. The molecule has 1 aliphatic rings. The highest BCUT2D eigenvalue weighted by atomic mass is 16.5. The number of nitrogens with zero attached hydrogens (tertiary/aromatic N) is 2. The van der Waals surface area contributed by atoms with Gasteiger partial charge in [-0.25, -0.2) is 0 Å². The van der Waals surface area contributed by atoms with Gasteiger partial charge in [0, 0.05) is 37.5 Å². The van der Waals surface area contributed by atoms with Crippen molar-refractivity contribution in [1.82, 2.24) is 9.47 Å². The minimum atomic E-state index is 0.724. The first-order chi connectivity index (χ1) is 9.78. The summed E-state index contributed by atoms with van der Waals surface area (Å²) in [6, 6.07) is 6.22. The molecule has 1 aromatic carbocycles. The molecular formula is C16H23N3O. The van der Waals surface area contributed by atoms with Gasteiger partial charge in [-0.1, -0.05) is 6.07 Å². The second kappa shape index (κ2) is 5.85. The summed E-state index contributed by atoms with van der Waals surface area (Å²) in [7, 11) is 1.74. The van der Waals surface area contributed by atoms with E-state index in [1.165, 1.54) is 42.4 Å². The molecule has 0 atom stereocenters. The molecule has 108 valence electrons. The van der Waals surface area contributed by atoms with E-state index >= 15 is 0 Å². The number of ether oxygens (including phenoxy) is 1. The zero-order valence-corrected chi connectivity index (χ0v) is 12.1. The minimum absolute atomic E-state index is 0.724. The number of benzene rings is 1. The van der Waals surface area contributed by atoms with E-state index in [2.05, 4.69) is 27.8 Å².